The number of rotatable bonds is 5. The Balaban J connectivity index is 1.94. The number of benzene rings is 1. The standard InChI is InChI=1S/C17H24FNO2/c1-13-6-7-14(11-16(13)18)17(21)8-10-19-9-4-2-3-5-15(19)12-20/h6-7,11,15,20H,2-5,8-10,12H2,1H3. The minimum absolute atomic E-state index is 0.0326. The van der Waals surface area contributed by atoms with Gasteiger partial charge in [-0.1, -0.05) is 25.0 Å². The molecule has 1 aromatic rings. The molecule has 0 aromatic heterocycles. The topological polar surface area (TPSA) is 40.5 Å². The van der Waals surface area contributed by atoms with Crippen LogP contribution < -0.4 is 0 Å². The van der Waals surface area contributed by atoms with E-state index in [1.54, 1.807) is 19.1 Å². The van der Waals surface area contributed by atoms with Crippen molar-refractivity contribution in [3.05, 3.63) is 35.1 Å². The average molecular weight is 293 g/mol. The molecule has 0 radical (unpaired) electrons. The third-order valence-electron chi connectivity index (χ3n) is 4.33. The molecular weight excluding hydrogens is 269 g/mol. The van der Waals surface area contributed by atoms with Gasteiger partial charge in [-0.05, 0) is 37.9 Å². The molecule has 0 saturated carbocycles. The third-order valence-corrected chi connectivity index (χ3v) is 4.33. The zero-order valence-corrected chi connectivity index (χ0v) is 12.6. The second-order valence-corrected chi connectivity index (χ2v) is 5.86. The fourth-order valence-electron chi connectivity index (χ4n) is 2.89. The molecule has 116 valence electrons. The Morgan fingerprint density at radius 2 is 2.19 bits per heavy atom. The van der Waals surface area contributed by atoms with Crippen LogP contribution in [-0.2, 0) is 0 Å². The fourth-order valence-corrected chi connectivity index (χ4v) is 2.89. The molecule has 1 N–H and O–H groups in total. The Morgan fingerprint density at radius 1 is 1.38 bits per heavy atom. The maximum Gasteiger partial charge on any atom is 0.164 e. The first-order valence-electron chi connectivity index (χ1n) is 7.76. The summed E-state index contributed by atoms with van der Waals surface area (Å²) in [7, 11) is 0. The fraction of sp³-hybridized carbons (Fsp3) is 0.588. The van der Waals surface area contributed by atoms with Gasteiger partial charge in [0.05, 0.1) is 6.61 Å². The van der Waals surface area contributed by atoms with E-state index < -0.39 is 0 Å². The zero-order valence-electron chi connectivity index (χ0n) is 12.6. The Bertz CT molecular complexity index is 490. The Hall–Kier alpha value is -1.26. The molecule has 1 aromatic carbocycles. The molecule has 1 aliphatic rings. The molecule has 2 rings (SSSR count). The lowest BCUT2D eigenvalue weighted by Crippen LogP contribution is -2.38. The zero-order chi connectivity index (χ0) is 15.2. The van der Waals surface area contributed by atoms with Crippen LogP contribution in [0.2, 0.25) is 0 Å². The Labute approximate surface area is 125 Å². The quantitative estimate of drug-likeness (QED) is 0.849. The largest absolute Gasteiger partial charge is 0.395 e. The van der Waals surface area contributed by atoms with E-state index in [9.17, 15) is 14.3 Å². The van der Waals surface area contributed by atoms with Crippen molar-refractivity contribution >= 4 is 5.78 Å². The number of aliphatic hydroxyl groups is 1. The summed E-state index contributed by atoms with van der Waals surface area (Å²) >= 11 is 0. The Kier molecular flexibility index (Phi) is 5.88. The maximum absolute atomic E-state index is 13.5. The van der Waals surface area contributed by atoms with Crippen molar-refractivity contribution in [2.75, 3.05) is 19.7 Å². The summed E-state index contributed by atoms with van der Waals surface area (Å²) in [6.07, 6.45) is 4.80. The maximum atomic E-state index is 13.5. The van der Waals surface area contributed by atoms with Gasteiger partial charge < -0.3 is 5.11 Å². The molecule has 21 heavy (non-hydrogen) atoms. The van der Waals surface area contributed by atoms with Gasteiger partial charge in [0.1, 0.15) is 5.82 Å². The van der Waals surface area contributed by atoms with Crippen LogP contribution in [0.4, 0.5) is 4.39 Å². The highest BCUT2D eigenvalue weighted by Gasteiger charge is 2.21. The number of hydrogen-bond acceptors (Lipinski definition) is 3. The highest BCUT2D eigenvalue weighted by Crippen LogP contribution is 2.18. The number of aliphatic hydroxyl groups excluding tert-OH is 1. The second kappa shape index (κ2) is 7.66. The third kappa shape index (κ3) is 4.35. The van der Waals surface area contributed by atoms with E-state index in [0.29, 0.717) is 24.1 Å². The summed E-state index contributed by atoms with van der Waals surface area (Å²) in [5, 5.41) is 9.46. The van der Waals surface area contributed by atoms with Crippen LogP contribution in [0.15, 0.2) is 18.2 Å². The number of carbonyl (C=O) groups is 1. The monoisotopic (exact) mass is 293 g/mol. The van der Waals surface area contributed by atoms with Crippen molar-refractivity contribution in [3.63, 3.8) is 0 Å². The number of carbonyl (C=O) groups excluding carboxylic acids is 1. The van der Waals surface area contributed by atoms with Crippen molar-refractivity contribution in [1.82, 2.24) is 4.90 Å². The molecule has 3 nitrogen and oxygen atoms in total. The smallest absolute Gasteiger partial charge is 0.164 e. The van der Waals surface area contributed by atoms with Crippen LogP contribution in [0.1, 0.15) is 48.0 Å². The van der Waals surface area contributed by atoms with Crippen LogP contribution in [0, 0.1) is 12.7 Å². The summed E-state index contributed by atoms with van der Waals surface area (Å²) in [6.45, 7) is 3.40. The summed E-state index contributed by atoms with van der Waals surface area (Å²) in [6, 6.07) is 4.82. The molecule has 0 aliphatic carbocycles. The van der Waals surface area contributed by atoms with Crippen molar-refractivity contribution < 1.29 is 14.3 Å². The van der Waals surface area contributed by atoms with E-state index in [2.05, 4.69) is 4.90 Å². The Morgan fingerprint density at radius 3 is 2.90 bits per heavy atom. The van der Waals surface area contributed by atoms with E-state index in [0.717, 1.165) is 25.8 Å². The molecule has 1 saturated heterocycles. The number of halogens is 1. The number of aryl methyl sites for hydroxylation is 1. The average Bonchev–Trinajstić information content (AvgIpc) is 2.72. The lowest BCUT2D eigenvalue weighted by Gasteiger charge is -2.28. The number of Topliss-reactive ketones (excluding diaryl/α,β-unsaturated/α-hetero) is 1. The van der Waals surface area contributed by atoms with Gasteiger partial charge in [-0.25, -0.2) is 4.39 Å². The highest BCUT2D eigenvalue weighted by atomic mass is 19.1. The highest BCUT2D eigenvalue weighted by molar-refractivity contribution is 5.96. The van der Waals surface area contributed by atoms with E-state index in [4.69, 9.17) is 0 Å². The molecule has 1 unspecified atom stereocenters. The van der Waals surface area contributed by atoms with E-state index in [-0.39, 0.29) is 24.2 Å². The normalized spacial score (nSPS) is 20.2. The molecule has 1 aliphatic heterocycles. The lowest BCUT2D eigenvalue weighted by atomic mass is 10.1. The number of nitrogens with zero attached hydrogens (tertiary/aromatic N) is 1. The summed E-state index contributed by atoms with van der Waals surface area (Å²) in [5.41, 5.74) is 0.993. The first kappa shape index (κ1) is 16.1. The molecule has 4 heteroatoms. The number of likely N-dealkylation sites (tertiary alicyclic amines) is 1. The van der Waals surface area contributed by atoms with E-state index in [1.165, 1.54) is 12.5 Å². The summed E-state index contributed by atoms with van der Waals surface area (Å²) in [5.74, 6) is -0.362. The summed E-state index contributed by atoms with van der Waals surface area (Å²) in [4.78, 5) is 14.4. The predicted molar refractivity (Wildman–Crippen MR) is 81.0 cm³/mol. The first-order valence-corrected chi connectivity index (χ1v) is 7.76. The van der Waals surface area contributed by atoms with Gasteiger partial charge in [0.25, 0.3) is 0 Å². The van der Waals surface area contributed by atoms with Crippen LogP contribution in [-0.4, -0.2) is 41.5 Å². The van der Waals surface area contributed by atoms with E-state index >= 15 is 0 Å². The van der Waals surface area contributed by atoms with Gasteiger partial charge in [0.2, 0.25) is 0 Å². The van der Waals surface area contributed by atoms with Crippen molar-refractivity contribution in [2.24, 2.45) is 0 Å². The second-order valence-electron chi connectivity index (χ2n) is 5.86. The molecule has 1 heterocycles. The van der Waals surface area contributed by atoms with E-state index in [1.807, 2.05) is 0 Å². The van der Waals surface area contributed by atoms with Crippen LogP contribution in [0.3, 0.4) is 0 Å². The molecule has 1 fully saturated rings. The molecule has 0 bridgehead atoms. The lowest BCUT2D eigenvalue weighted by molar-refractivity contribution is 0.0909. The molecular formula is C17H24FNO2. The van der Waals surface area contributed by atoms with Crippen molar-refractivity contribution in [1.29, 1.82) is 0 Å². The minimum atomic E-state index is -0.330. The molecule has 1 atom stereocenters. The minimum Gasteiger partial charge on any atom is -0.395 e. The number of ketones is 1. The van der Waals surface area contributed by atoms with Gasteiger partial charge in [-0.2, -0.15) is 0 Å². The van der Waals surface area contributed by atoms with Crippen LogP contribution >= 0.6 is 0 Å². The van der Waals surface area contributed by atoms with Crippen molar-refractivity contribution in [2.45, 2.75) is 45.1 Å². The summed E-state index contributed by atoms with van der Waals surface area (Å²) < 4.78 is 13.5. The first-order chi connectivity index (χ1) is 10.1. The van der Waals surface area contributed by atoms with Gasteiger partial charge in [0, 0.05) is 24.6 Å². The van der Waals surface area contributed by atoms with Gasteiger partial charge in [0.15, 0.2) is 5.78 Å². The van der Waals surface area contributed by atoms with Crippen LogP contribution in [0.5, 0.6) is 0 Å². The van der Waals surface area contributed by atoms with Gasteiger partial charge >= 0.3 is 0 Å². The molecule has 0 amide bonds. The predicted octanol–water partition coefficient (Wildman–Crippen LogP) is 2.94. The molecule has 0 spiro atoms. The van der Waals surface area contributed by atoms with Gasteiger partial charge in [-0.15, -0.1) is 0 Å². The van der Waals surface area contributed by atoms with Gasteiger partial charge in [-0.3, -0.25) is 9.69 Å². The van der Waals surface area contributed by atoms with Crippen molar-refractivity contribution in [3.8, 4) is 0 Å². The SMILES string of the molecule is Cc1ccc(C(=O)CCN2CCCCCC2CO)cc1F. The number of hydrogen-bond donors (Lipinski definition) is 1. The van der Waals surface area contributed by atoms with Crippen LogP contribution in [0.25, 0.3) is 0 Å².